The molecule has 0 saturated heterocycles. The molecule has 0 unspecified atom stereocenters. The van der Waals surface area contributed by atoms with Gasteiger partial charge < -0.3 is 10.8 Å². The summed E-state index contributed by atoms with van der Waals surface area (Å²) in [7, 11) is 0. The second-order valence-electron chi connectivity index (χ2n) is 4.27. The van der Waals surface area contributed by atoms with Gasteiger partial charge in [0.05, 0.1) is 6.42 Å². The van der Waals surface area contributed by atoms with E-state index in [0.29, 0.717) is 0 Å². The van der Waals surface area contributed by atoms with Gasteiger partial charge in [-0.25, -0.2) is 0 Å². The average molecular weight is 216 g/mol. The normalized spacial score (nSPS) is 13.3. The van der Waals surface area contributed by atoms with Crippen molar-refractivity contribution in [1.82, 2.24) is 5.32 Å². The highest BCUT2D eigenvalue weighted by Crippen LogP contribution is 2.03. The molecule has 0 aromatic rings. The molecular formula is C9H16N2O4. The molecule has 86 valence electrons. The summed E-state index contributed by atoms with van der Waals surface area (Å²) in [4.78, 5) is 32.6. The number of primary amides is 1. The lowest BCUT2D eigenvalue weighted by Crippen LogP contribution is -2.52. The van der Waals surface area contributed by atoms with Crippen molar-refractivity contribution in [2.75, 3.05) is 0 Å². The molecule has 0 aliphatic rings. The van der Waals surface area contributed by atoms with Gasteiger partial charge in [-0.2, -0.15) is 0 Å². The predicted molar refractivity (Wildman–Crippen MR) is 53.1 cm³/mol. The minimum atomic E-state index is -1.39. The van der Waals surface area contributed by atoms with Gasteiger partial charge in [0.25, 0.3) is 0 Å². The fraction of sp³-hybridized carbons (Fsp3) is 0.667. The summed E-state index contributed by atoms with van der Waals surface area (Å²) < 4.78 is 0. The number of hydrogen-bond donors (Lipinski definition) is 3. The highest BCUT2D eigenvalue weighted by molar-refractivity contribution is 6.09. The van der Waals surface area contributed by atoms with Gasteiger partial charge in [0.1, 0.15) is 0 Å². The Balaban J connectivity index is 4.61. The Labute approximate surface area is 87.8 Å². The van der Waals surface area contributed by atoms with Crippen molar-refractivity contribution in [2.24, 2.45) is 5.73 Å². The molecule has 0 spiro atoms. The number of aliphatic carboxylic acids is 1. The molecule has 6 nitrogen and oxygen atoms in total. The standard InChI is InChI=1S/C9H16N2O4/c1-9(2,3)11-7(8(14)15)5(12)4-6(10)13/h7,11H,4H2,1-3H3,(H2,10,13)(H,14,15)/t7-/m0/s1. The number of carbonyl (C=O) groups excluding carboxylic acids is 2. The minimum Gasteiger partial charge on any atom is -0.480 e. The first-order chi connectivity index (χ1) is 6.63. The first kappa shape index (κ1) is 13.6. The maximum Gasteiger partial charge on any atom is 0.328 e. The zero-order chi connectivity index (χ0) is 12.2. The van der Waals surface area contributed by atoms with E-state index in [1.165, 1.54) is 0 Å². The highest BCUT2D eigenvalue weighted by Gasteiger charge is 2.30. The Morgan fingerprint density at radius 1 is 1.33 bits per heavy atom. The third-order valence-electron chi connectivity index (χ3n) is 1.49. The molecule has 0 aliphatic heterocycles. The SMILES string of the molecule is CC(C)(C)N[C@H](C(=O)O)C(=O)CC(N)=O. The number of carboxylic acids is 1. The lowest BCUT2D eigenvalue weighted by molar-refractivity contribution is -0.144. The van der Waals surface area contributed by atoms with Gasteiger partial charge in [0.15, 0.2) is 11.8 Å². The number of nitrogens with one attached hydrogen (secondary N) is 1. The first-order valence-electron chi connectivity index (χ1n) is 4.45. The monoisotopic (exact) mass is 216 g/mol. The molecule has 4 N–H and O–H groups in total. The lowest BCUT2D eigenvalue weighted by Gasteiger charge is -2.24. The van der Waals surface area contributed by atoms with Crippen molar-refractivity contribution in [2.45, 2.75) is 38.8 Å². The van der Waals surface area contributed by atoms with E-state index in [-0.39, 0.29) is 0 Å². The van der Waals surface area contributed by atoms with Gasteiger partial charge >= 0.3 is 5.97 Å². The quantitative estimate of drug-likeness (QED) is 0.525. The van der Waals surface area contributed by atoms with E-state index in [1.807, 2.05) is 0 Å². The van der Waals surface area contributed by atoms with Crippen LogP contribution in [0.5, 0.6) is 0 Å². The molecule has 0 radical (unpaired) electrons. The first-order valence-corrected chi connectivity index (χ1v) is 4.45. The molecule has 0 aliphatic carbocycles. The van der Waals surface area contributed by atoms with Crippen LogP contribution in [-0.4, -0.2) is 34.3 Å². The Kier molecular flexibility index (Phi) is 4.41. The number of carbonyl (C=O) groups is 3. The molecule has 6 heteroatoms. The van der Waals surface area contributed by atoms with Crippen LogP contribution in [0.2, 0.25) is 0 Å². The van der Waals surface area contributed by atoms with Crippen molar-refractivity contribution in [3.05, 3.63) is 0 Å². The second-order valence-corrected chi connectivity index (χ2v) is 4.27. The zero-order valence-corrected chi connectivity index (χ0v) is 9.03. The predicted octanol–water partition coefficient (Wildman–Crippen LogP) is -0.728. The van der Waals surface area contributed by atoms with Gasteiger partial charge in [-0.1, -0.05) is 0 Å². The number of nitrogens with two attached hydrogens (primary N) is 1. The summed E-state index contributed by atoms with van der Waals surface area (Å²) in [6.45, 7) is 5.17. The Bertz CT molecular complexity index is 280. The van der Waals surface area contributed by atoms with Crippen LogP contribution in [0.25, 0.3) is 0 Å². The number of hydrogen-bond acceptors (Lipinski definition) is 4. The number of carboxylic acid groups (broad SMARTS) is 1. The summed E-state index contributed by atoms with van der Waals surface area (Å²) in [6, 6.07) is -1.39. The van der Waals surface area contributed by atoms with Crippen LogP contribution in [0, 0.1) is 0 Å². The van der Waals surface area contributed by atoms with Crippen molar-refractivity contribution < 1.29 is 19.5 Å². The van der Waals surface area contributed by atoms with Crippen molar-refractivity contribution >= 4 is 17.7 Å². The fourth-order valence-electron chi connectivity index (χ4n) is 0.987. The number of Topliss-reactive ketones (excluding diaryl/α,β-unsaturated/α-hetero) is 1. The van der Waals surface area contributed by atoms with Crippen LogP contribution in [0.3, 0.4) is 0 Å². The number of amides is 1. The zero-order valence-electron chi connectivity index (χ0n) is 9.03. The summed E-state index contributed by atoms with van der Waals surface area (Å²) in [5, 5.41) is 11.4. The smallest absolute Gasteiger partial charge is 0.328 e. The number of rotatable bonds is 5. The van der Waals surface area contributed by atoms with E-state index in [9.17, 15) is 14.4 Å². The Morgan fingerprint density at radius 3 is 2.07 bits per heavy atom. The van der Waals surface area contributed by atoms with Gasteiger partial charge in [0, 0.05) is 5.54 Å². The van der Waals surface area contributed by atoms with Crippen LogP contribution < -0.4 is 11.1 Å². The molecule has 15 heavy (non-hydrogen) atoms. The Morgan fingerprint density at radius 2 is 1.80 bits per heavy atom. The van der Waals surface area contributed by atoms with Crippen molar-refractivity contribution in [3.63, 3.8) is 0 Å². The number of ketones is 1. The summed E-state index contributed by atoms with van der Waals surface area (Å²) in [5.41, 5.74) is 4.28. The van der Waals surface area contributed by atoms with Crippen LogP contribution in [0.4, 0.5) is 0 Å². The van der Waals surface area contributed by atoms with Crippen LogP contribution in [0.1, 0.15) is 27.2 Å². The molecule has 0 bridgehead atoms. The van der Waals surface area contributed by atoms with Gasteiger partial charge in [-0.05, 0) is 20.8 Å². The Hall–Kier alpha value is -1.43. The molecule has 0 fully saturated rings. The van der Waals surface area contributed by atoms with Gasteiger partial charge in [-0.15, -0.1) is 0 Å². The second kappa shape index (κ2) is 4.88. The molecule has 0 aromatic carbocycles. The van der Waals surface area contributed by atoms with E-state index >= 15 is 0 Å². The van der Waals surface area contributed by atoms with E-state index < -0.39 is 35.7 Å². The summed E-state index contributed by atoms with van der Waals surface area (Å²) in [5.74, 6) is -2.87. The molecule has 0 saturated carbocycles. The summed E-state index contributed by atoms with van der Waals surface area (Å²) >= 11 is 0. The molecule has 0 heterocycles. The topological polar surface area (TPSA) is 109 Å². The van der Waals surface area contributed by atoms with E-state index in [4.69, 9.17) is 10.8 Å². The molecular weight excluding hydrogens is 200 g/mol. The van der Waals surface area contributed by atoms with Crippen molar-refractivity contribution in [1.29, 1.82) is 0 Å². The third kappa shape index (κ3) is 5.79. The van der Waals surface area contributed by atoms with Gasteiger partial charge in [0.2, 0.25) is 5.91 Å². The van der Waals surface area contributed by atoms with E-state index in [1.54, 1.807) is 20.8 Å². The van der Waals surface area contributed by atoms with E-state index in [2.05, 4.69) is 5.32 Å². The fourth-order valence-corrected chi connectivity index (χ4v) is 0.987. The average Bonchev–Trinajstić information content (AvgIpc) is 1.96. The molecule has 1 amide bonds. The molecule has 0 rings (SSSR count). The van der Waals surface area contributed by atoms with Gasteiger partial charge in [-0.3, -0.25) is 19.7 Å². The molecule has 0 aromatic heterocycles. The highest BCUT2D eigenvalue weighted by atomic mass is 16.4. The molecule has 1 atom stereocenters. The van der Waals surface area contributed by atoms with E-state index in [0.717, 1.165) is 0 Å². The maximum absolute atomic E-state index is 11.3. The minimum absolute atomic E-state index is 0.531. The van der Waals surface area contributed by atoms with Crippen LogP contribution in [-0.2, 0) is 14.4 Å². The summed E-state index contributed by atoms with van der Waals surface area (Å²) in [6.07, 6.45) is -0.569. The maximum atomic E-state index is 11.3. The van der Waals surface area contributed by atoms with Crippen molar-refractivity contribution in [3.8, 4) is 0 Å². The van der Waals surface area contributed by atoms with Crippen LogP contribution in [0.15, 0.2) is 0 Å². The third-order valence-corrected chi connectivity index (χ3v) is 1.49. The van der Waals surface area contributed by atoms with Crippen LogP contribution >= 0.6 is 0 Å². The lowest BCUT2D eigenvalue weighted by atomic mass is 10.0. The largest absolute Gasteiger partial charge is 0.480 e.